The third-order valence-corrected chi connectivity index (χ3v) is 4.47. The molecule has 1 saturated heterocycles. The van der Waals surface area contributed by atoms with Crippen LogP contribution in [0.3, 0.4) is 0 Å². The van der Waals surface area contributed by atoms with Gasteiger partial charge in [0.1, 0.15) is 6.61 Å². The van der Waals surface area contributed by atoms with Gasteiger partial charge in [0, 0.05) is 32.0 Å². The molecule has 0 bridgehead atoms. The van der Waals surface area contributed by atoms with E-state index in [0.717, 1.165) is 12.8 Å². The normalized spacial score (nSPS) is 29.3. The van der Waals surface area contributed by atoms with E-state index < -0.39 is 0 Å². The van der Waals surface area contributed by atoms with Crippen LogP contribution < -0.4 is 0 Å². The molecule has 1 heterocycles. The average Bonchev–Trinajstić information content (AvgIpc) is 2.43. The molecule has 0 unspecified atom stereocenters. The van der Waals surface area contributed by atoms with Crippen LogP contribution in [0.2, 0.25) is 0 Å². The van der Waals surface area contributed by atoms with Gasteiger partial charge >= 0.3 is 0 Å². The summed E-state index contributed by atoms with van der Waals surface area (Å²) in [6.45, 7) is 1.70. The van der Waals surface area contributed by atoms with Crippen LogP contribution in [-0.4, -0.2) is 73.2 Å². The fourth-order valence-electron chi connectivity index (χ4n) is 3.20. The molecule has 0 aromatic carbocycles. The molecule has 1 aliphatic heterocycles. The molecule has 6 nitrogen and oxygen atoms in total. The van der Waals surface area contributed by atoms with Crippen LogP contribution in [0.1, 0.15) is 19.3 Å². The quantitative estimate of drug-likeness (QED) is 0.698. The summed E-state index contributed by atoms with van der Waals surface area (Å²) in [7, 11) is 1.51. The lowest BCUT2D eigenvalue weighted by molar-refractivity contribution is -0.213. The Labute approximate surface area is 113 Å². The van der Waals surface area contributed by atoms with Gasteiger partial charge in [-0.2, -0.15) is 0 Å². The Bertz CT molecular complexity index is 314. The second kappa shape index (κ2) is 6.17. The van der Waals surface area contributed by atoms with Gasteiger partial charge in [-0.15, -0.1) is 0 Å². The van der Waals surface area contributed by atoms with Crippen molar-refractivity contribution in [3.8, 4) is 0 Å². The Morgan fingerprint density at radius 1 is 1.42 bits per heavy atom. The maximum absolute atomic E-state index is 11.7. The molecule has 0 aromatic heterocycles. The first-order chi connectivity index (χ1) is 9.14. The lowest BCUT2D eigenvalue weighted by atomic mass is 9.58. The van der Waals surface area contributed by atoms with E-state index in [1.807, 2.05) is 0 Å². The summed E-state index contributed by atoms with van der Waals surface area (Å²) in [5, 5.41) is 18.9. The van der Waals surface area contributed by atoms with Gasteiger partial charge in [0.25, 0.3) is 0 Å². The number of rotatable bonds is 5. The summed E-state index contributed by atoms with van der Waals surface area (Å²) in [4.78, 5) is 13.5. The summed E-state index contributed by atoms with van der Waals surface area (Å²) in [5.74, 6) is -0.000935. The highest BCUT2D eigenvalue weighted by molar-refractivity contribution is 5.77. The van der Waals surface area contributed by atoms with E-state index in [4.69, 9.17) is 14.6 Å². The second-order valence-electron chi connectivity index (χ2n) is 5.38. The third kappa shape index (κ3) is 2.76. The SMILES string of the molecule is COCC(=O)N1CCC2(CC1)[C@@H](O)C[C@H]2OCCO. The van der Waals surface area contributed by atoms with Gasteiger partial charge in [0.2, 0.25) is 5.91 Å². The molecule has 19 heavy (non-hydrogen) atoms. The molecule has 1 spiro atoms. The first kappa shape index (κ1) is 14.7. The third-order valence-electron chi connectivity index (χ3n) is 4.47. The fourth-order valence-corrected chi connectivity index (χ4v) is 3.20. The van der Waals surface area contributed by atoms with E-state index in [1.54, 1.807) is 4.90 Å². The number of ether oxygens (including phenoxy) is 2. The van der Waals surface area contributed by atoms with Gasteiger partial charge in [-0.25, -0.2) is 0 Å². The minimum absolute atomic E-state index is 0.000935. The van der Waals surface area contributed by atoms with Crippen molar-refractivity contribution < 1.29 is 24.5 Å². The predicted molar refractivity (Wildman–Crippen MR) is 67.6 cm³/mol. The molecular weight excluding hydrogens is 250 g/mol. The predicted octanol–water partition coefficient (Wildman–Crippen LogP) is -0.616. The van der Waals surface area contributed by atoms with Crippen LogP contribution in [0.25, 0.3) is 0 Å². The van der Waals surface area contributed by atoms with E-state index in [9.17, 15) is 9.90 Å². The molecule has 2 aliphatic rings. The van der Waals surface area contributed by atoms with E-state index in [-0.39, 0.29) is 36.7 Å². The highest BCUT2D eigenvalue weighted by Gasteiger charge is 2.56. The summed E-state index contributed by atoms with van der Waals surface area (Å²) >= 11 is 0. The zero-order valence-corrected chi connectivity index (χ0v) is 11.4. The number of piperidine rings is 1. The minimum atomic E-state index is -0.351. The van der Waals surface area contributed by atoms with E-state index in [2.05, 4.69) is 0 Å². The van der Waals surface area contributed by atoms with Crippen LogP contribution in [-0.2, 0) is 14.3 Å². The van der Waals surface area contributed by atoms with Crippen molar-refractivity contribution >= 4 is 5.91 Å². The number of aliphatic hydroxyl groups excluding tert-OH is 2. The average molecular weight is 273 g/mol. The summed E-state index contributed by atoms with van der Waals surface area (Å²) in [5.41, 5.74) is -0.223. The van der Waals surface area contributed by atoms with Gasteiger partial charge in [-0.3, -0.25) is 4.79 Å². The van der Waals surface area contributed by atoms with Gasteiger partial charge in [-0.1, -0.05) is 0 Å². The highest BCUT2D eigenvalue weighted by Crippen LogP contribution is 2.50. The number of amides is 1. The number of hydrogen-bond acceptors (Lipinski definition) is 5. The van der Waals surface area contributed by atoms with Crippen molar-refractivity contribution in [2.24, 2.45) is 5.41 Å². The van der Waals surface area contributed by atoms with Crippen molar-refractivity contribution in [2.45, 2.75) is 31.5 Å². The number of hydrogen-bond donors (Lipinski definition) is 2. The number of nitrogens with zero attached hydrogens (tertiary/aromatic N) is 1. The van der Waals surface area contributed by atoms with Crippen molar-refractivity contribution in [1.82, 2.24) is 4.90 Å². The molecule has 0 radical (unpaired) electrons. The van der Waals surface area contributed by atoms with Gasteiger partial charge < -0.3 is 24.6 Å². The highest BCUT2D eigenvalue weighted by atomic mass is 16.5. The number of carbonyl (C=O) groups excluding carboxylic acids is 1. The first-order valence-corrected chi connectivity index (χ1v) is 6.81. The Kier molecular flexibility index (Phi) is 4.78. The van der Waals surface area contributed by atoms with E-state index >= 15 is 0 Å². The number of methoxy groups -OCH3 is 1. The molecule has 2 fully saturated rings. The van der Waals surface area contributed by atoms with Crippen molar-refractivity contribution in [2.75, 3.05) is 40.0 Å². The fraction of sp³-hybridized carbons (Fsp3) is 0.923. The molecule has 1 aliphatic carbocycles. The van der Waals surface area contributed by atoms with E-state index in [0.29, 0.717) is 26.1 Å². The largest absolute Gasteiger partial charge is 0.394 e. The van der Waals surface area contributed by atoms with Gasteiger partial charge in [-0.05, 0) is 12.8 Å². The molecule has 1 amide bonds. The van der Waals surface area contributed by atoms with E-state index in [1.165, 1.54) is 7.11 Å². The molecule has 0 aromatic rings. The summed E-state index contributed by atoms with van der Waals surface area (Å²) < 4.78 is 10.4. The standard InChI is InChI=1S/C13H23NO5/c1-18-9-12(17)14-4-2-13(3-5-14)10(16)8-11(13)19-7-6-15/h10-11,15-16H,2-9H2,1H3/t10-,11+/m0/s1. The van der Waals surface area contributed by atoms with Crippen LogP contribution in [0.5, 0.6) is 0 Å². The Morgan fingerprint density at radius 3 is 2.63 bits per heavy atom. The number of carbonyl (C=O) groups is 1. The maximum atomic E-state index is 11.7. The van der Waals surface area contributed by atoms with Crippen LogP contribution in [0.4, 0.5) is 0 Å². The second-order valence-corrected chi connectivity index (χ2v) is 5.38. The summed E-state index contributed by atoms with van der Waals surface area (Å²) in [6.07, 6.45) is 1.79. The molecule has 1 saturated carbocycles. The topological polar surface area (TPSA) is 79.2 Å². The maximum Gasteiger partial charge on any atom is 0.248 e. The smallest absolute Gasteiger partial charge is 0.248 e. The molecule has 6 heteroatoms. The molecular formula is C13H23NO5. The molecule has 2 N–H and O–H groups in total. The zero-order chi connectivity index (χ0) is 13.9. The number of aliphatic hydroxyl groups is 2. The number of likely N-dealkylation sites (tertiary alicyclic amines) is 1. The molecule has 2 rings (SSSR count). The zero-order valence-electron chi connectivity index (χ0n) is 11.4. The Balaban J connectivity index is 1.88. The molecule has 110 valence electrons. The summed E-state index contributed by atoms with van der Waals surface area (Å²) in [6, 6.07) is 0. The van der Waals surface area contributed by atoms with Gasteiger partial charge in [0.05, 0.1) is 25.4 Å². The Morgan fingerprint density at radius 2 is 2.11 bits per heavy atom. The monoisotopic (exact) mass is 273 g/mol. The van der Waals surface area contributed by atoms with Crippen molar-refractivity contribution in [3.05, 3.63) is 0 Å². The van der Waals surface area contributed by atoms with Gasteiger partial charge in [0.15, 0.2) is 0 Å². The van der Waals surface area contributed by atoms with Crippen molar-refractivity contribution in [3.63, 3.8) is 0 Å². The van der Waals surface area contributed by atoms with Crippen molar-refractivity contribution in [1.29, 1.82) is 0 Å². The minimum Gasteiger partial charge on any atom is -0.394 e. The van der Waals surface area contributed by atoms with Crippen LogP contribution in [0, 0.1) is 5.41 Å². The Hall–Kier alpha value is -0.690. The lowest BCUT2D eigenvalue weighted by Gasteiger charge is -2.56. The lowest BCUT2D eigenvalue weighted by Crippen LogP contribution is -2.63. The van der Waals surface area contributed by atoms with Crippen LogP contribution >= 0.6 is 0 Å². The molecule has 2 atom stereocenters. The van der Waals surface area contributed by atoms with Crippen LogP contribution in [0.15, 0.2) is 0 Å². The first-order valence-electron chi connectivity index (χ1n) is 6.81.